The Kier molecular flexibility index (Phi) is 2.48. The van der Waals surface area contributed by atoms with Crippen molar-refractivity contribution in [3.63, 3.8) is 0 Å². The van der Waals surface area contributed by atoms with E-state index in [0.29, 0.717) is 19.5 Å². The molecular formula is C5H12N2O3S. The maximum absolute atomic E-state index is 10.9. The van der Waals surface area contributed by atoms with Gasteiger partial charge in [0.15, 0.2) is 0 Å². The molecule has 1 unspecified atom stereocenters. The van der Waals surface area contributed by atoms with Crippen molar-refractivity contribution in [2.45, 2.75) is 12.5 Å². The van der Waals surface area contributed by atoms with E-state index >= 15 is 0 Å². The van der Waals surface area contributed by atoms with E-state index in [1.54, 1.807) is 0 Å². The molecule has 1 heterocycles. The molecule has 1 rings (SSSR count). The highest BCUT2D eigenvalue weighted by Gasteiger charge is 2.28. The number of hydrogen-bond acceptors (Lipinski definition) is 4. The van der Waals surface area contributed by atoms with Crippen molar-refractivity contribution in [2.24, 2.45) is 5.90 Å². The molecule has 0 radical (unpaired) electrons. The Morgan fingerprint density at radius 1 is 1.64 bits per heavy atom. The second kappa shape index (κ2) is 3.06. The summed E-state index contributed by atoms with van der Waals surface area (Å²) < 4.78 is 23.2. The Bertz CT molecular complexity index is 226. The van der Waals surface area contributed by atoms with Gasteiger partial charge in [-0.05, 0) is 6.42 Å². The minimum atomic E-state index is -3.05. The summed E-state index contributed by atoms with van der Waals surface area (Å²) in [5, 5.41) is 0. The van der Waals surface area contributed by atoms with Crippen molar-refractivity contribution in [3.05, 3.63) is 0 Å². The standard InChI is InChI=1S/C5H12N2O3S/c1-11(8,9)7-3-2-5(4-7)10-6/h5H,2-4,6H2,1H3. The number of rotatable bonds is 2. The number of nitrogens with two attached hydrogens (primary N) is 1. The van der Waals surface area contributed by atoms with Gasteiger partial charge in [0.2, 0.25) is 10.0 Å². The van der Waals surface area contributed by atoms with E-state index in [4.69, 9.17) is 5.90 Å². The average Bonchev–Trinajstić information content (AvgIpc) is 2.32. The van der Waals surface area contributed by atoms with Crippen LogP contribution < -0.4 is 5.90 Å². The lowest BCUT2D eigenvalue weighted by Gasteiger charge is -2.11. The number of hydrogen-bond donors (Lipinski definition) is 1. The number of nitrogens with zero attached hydrogens (tertiary/aromatic N) is 1. The Hall–Kier alpha value is -0.170. The molecule has 0 aromatic heterocycles. The summed E-state index contributed by atoms with van der Waals surface area (Å²) in [5.41, 5.74) is 0. The molecule has 0 aliphatic carbocycles. The molecular weight excluding hydrogens is 168 g/mol. The Balaban J connectivity index is 2.55. The summed E-state index contributed by atoms with van der Waals surface area (Å²) in [6, 6.07) is 0. The molecule has 0 aromatic rings. The van der Waals surface area contributed by atoms with E-state index in [0.717, 1.165) is 0 Å². The Morgan fingerprint density at radius 3 is 2.55 bits per heavy atom. The summed E-state index contributed by atoms with van der Waals surface area (Å²) in [7, 11) is -3.05. The van der Waals surface area contributed by atoms with Crippen LogP contribution in [0.15, 0.2) is 0 Å². The smallest absolute Gasteiger partial charge is 0.211 e. The van der Waals surface area contributed by atoms with Gasteiger partial charge in [0.1, 0.15) is 0 Å². The molecule has 0 saturated carbocycles. The third-order valence-corrected chi connectivity index (χ3v) is 3.04. The van der Waals surface area contributed by atoms with Crippen LogP contribution >= 0.6 is 0 Å². The maximum Gasteiger partial charge on any atom is 0.211 e. The lowest BCUT2D eigenvalue weighted by molar-refractivity contribution is 0.0642. The highest BCUT2D eigenvalue weighted by Crippen LogP contribution is 2.13. The number of sulfonamides is 1. The van der Waals surface area contributed by atoms with Crippen molar-refractivity contribution in [2.75, 3.05) is 19.3 Å². The molecule has 0 spiro atoms. The molecule has 1 saturated heterocycles. The van der Waals surface area contributed by atoms with Gasteiger partial charge >= 0.3 is 0 Å². The van der Waals surface area contributed by atoms with E-state index in [9.17, 15) is 8.42 Å². The molecule has 0 amide bonds. The lowest BCUT2D eigenvalue weighted by Crippen LogP contribution is -2.29. The molecule has 0 aromatic carbocycles. The molecule has 1 atom stereocenters. The monoisotopic (exact) mass is 180 g/mol. The highest BCUT2D eigenvalue weighted by atomic mass is 32.2. The summed E-state index contributed by atoms with van der Waals surface area (Å²) in [6.07, 6.45) is 1.74. The minimum absolute atomic E-state index is 0.135. The first-order valence-electron chi connectivity index (χ1n) is 3.34. The molecule has 0 bridgehead atoms. The molecule has 66 valence electrons. The fraction of sp³-hybridized carbons (Fsp3) is 1.00. The molecule has 2 N–H and O–H groups in total. The van der Waals surface area contributed by atoms with Gasteiger partial charge in [-0.15, -0.1) is 0 Å². The van der Waals surface area contributed by atoms with Crippen molar-refractivity contribution in [3.8, 4) is 0 Å². The fourth-order valence-corrected chi connectivity index (χ4v) is 1.98. The van der Waals surface area contributed by atoms with E-state index in [2.05, 4.69) is 4.84 Å². The van der Waals surface area contributed by atoms with Gasteiger partial charge in [-0.3, -0.25) is 4.84 Å². The van der Waals surface area contributed by atoms with Crippen molar-refractivity contribution >= 4 is 10.0 Å². The van der Waals surface area contributed by atoms with Gasteiger partial charge in [0.25, 0.3) is 0 Å². The zero-order valence-electron chi connectivity index (χ0n) is 6.36. The first-order valence-corrected chi connectivity index (χ1v) is 5.19. The zero-order chi connectivity index (χ0) is 8.48. The average molecular weight is 180 g/mol. The van der Waals surface area contributed by atoms with Crippen molar-refractivity contribution in [1.29, 1.82) is 0 Å². The highest BCUT2D eigenvalue weighted by molar-refractivity contribution is 7.88. The van der Waals surface area contributed by atoms with Gasteiger partial charge < -0.3 is 0 Å². The van der Waals surface area contributed by atoms with Gasteiger partial charge in [0.05, 0.1) is 12.4 Å². The first kappa shape index (κ1) is 8.92. The van der Waals surface area contributed by atoms with Gasteiger partial charge in [-0.2, -0.15) is 4.31 Å². The third-order valence-electron chi connectivity index (χ3n) is 1.77. The molecule has 1 aliphatic rings. The van der Waals surface area contributed by atoms with Crippen LogP contribution in [-0.4, -0.2) is 38.2 Å². The Labute approximate surface area is 66.1 Å². The second-order valence-corrected chi connectivity index (χ2v) is 4.65. The topological polar surface area (TPSA) is 72.6 Å². The molecule has 5 nitrogen and oxygen atoms in total. The zero-order valence-corrected chi connectivity index (χ0v) is 7.17. The lowest BCUT2D eigenvalue weighted by atomic mass is 10.3. The van der Waals surface area contributed by atoms with E-state index < -0.39 is 10.0 Å². The Morgan fingerprint density at radius 2 is 2.27 bits per heavy atom. The normalized spacial score (nSPS) is 27.6. The molecule has 1 aliphatic heterocycles. The summed E-state index contributed by atoms with van der Waals surface area (Å²) >= 11 is 0. The maximum atomic E-state index is 10.9. The van der Waals surface area contributed by atoms with Gasteiger partial charge in [-0.1, -0.05) is 0 Å². The summed E-state index contributed by atoms with van der Waals surface area (Å²) in [6.45, 7) is 0.899. The van der Waals surface area contributed by atoms with Crippen LogP contribution in [0.4, 0.5) is 0 Å². The largest absolute Gasteiger partial charge is 0.300 e. The van der Waals surface area contributed by atoms with Gasteiger partial charge in [-0.25, -0.2) is 14.3 Å². The van der Waals surface area contributed by atoms with Crippen LogP contribution in [0.5, 0.6) is 0 Å². The molecule has 6 heteroatoms. The summed E-state index contributed by atoms with van der Waals surface area (Å²) in [4.78, 5) is 4.53. The molecule has 1 fully saturated rings. The van der Waals surface area contributed by atoms with E-state index in [1.807, 2.05) is 0 Å². The van der Waals surface area contributed by atoms with Gasteiger partial charge in [0, 0.05) is 13.1 Å². The minimum Gasteiger partial charge on any atom is -0.300 e. The molecule has 11 heavy (non-hydrogen) atoms. The van der Waals surface area contributed by atoms with Crippen LogP contribution in [0, 0.1) is 0 Å². The predicted octanol–water partition coefficient (Wildman–Crippen LogP) is -1.09. The van der Waals surface area contributed by atoms with E-state index in [-0.39, 0.29) is 6.10 Å². The van der Waals surface area contributed by atoms with Crippen LogP contribution in [0.25, 0.3) is 0 Å². The fourth-order valence-electron chi connectivity index (χ4n) is 1.11. The van der Waals surface area contributed by atoms with Crippen LogP contribution in [0.2, 0.25) is 0 Å². The predicted molar refractivity (Wildman–Crippen MR) is 40.1 cm³/mol. The first-order chi connectivity index (χ1) is 5.04. The third kappa shape index (κ3) is 2.13. The van der Waals surface area contributed by atoms with Crippen LogP contribution in [-0.2, 0) is 14.9 Å². The summed E-state index contributed by atoms with van der Waals surface area (Å²) in [5.74, 6) is 4.92. The second-order valence-electron chi connectivity index (χ2n) is 2.67. The van der Waals surface area contributed by atoms with Crippen molar-refractivity contribution < 1.29 is 13.3 Å². The van der Waals surface area contributed by atoms with E-state index in [1.165, 1.54) is 10.6 Å². The SMILES string of the molecule is CS(=O)(=O)N1CCC(ON)C1. The quantitative estimate of drug-likeness (QED) is 0.548. The van der Waals surface area contributed by atoms with Crippen LogP contribution in [0.1, 0.15) is 6.42 Å². The van der Waals surface area contributed by atoms with Crippen LogP contribution in [0.3, 0.4) is 0 Å². The van der Waals surface area contributed by atoms with Crippen molar-refractivity contribution in [1.82, 2.24) is 4.31 Å².